The Kier molecular flexibility index (Phi) is 7.04. The van der Waals surface area contributed by atoms with E-state index in [0.29, 0.717) is 0 Å². The number of carbonyl (C=O) groups excluding carboxylic acids is 1. The number of nitrogens with zero attached hydrogens (tertiary/aromatic N) is 1. The van der Waals surface area contributed by atoms with E-state index in [1.165, 1.54) is 12.1 Å². The summed E-state index contributed by atoms with van der Waals surface area (Å²) in [5.74, 6) is -0.870. The van der Waals surface area contributed by atoms with Crippen molar-refractivity contribution in [3.63, 3.8) is 0 Å². The molecule has 1 heterocycles. The smallest absolute Gasteiger partial charge is 0.302 e. The van der Waals surface area contributed by atoms with Crippen molar-refractivity contribution in [1.29, 1.82) is 0 Å². The number of alkyl halides is 3. The summed E-state index contributed by atoms with van der Waals surface area (Å²) in [6.07, 6.45) is -0.519. The highest BCUT2D eigenvalue weighted by molar-refractivity contribution is 6.35. The van der Waals surface area contributed by atoms with E-state index < -0.39 is 22.5 Å². The minimum Gasteiger partial charge on any atom is -0.302 e. The van der Waals surface area contributed by atoms with Gasteiger partial charge >= 0.3 is 6.18 Å². The van der Waals surface area contributed by atoms with Gasteiger partial charge in [-0.2, -0.15) is 13.2 Å². The fourth-order valence-corrected chi connectivity index (χ4v) is 4.57. The van der Waals surface area contributed by atoms with Crippen molar-refractivity contribution >= 4 is 17.4 Å². The van der Waals surface area contributed by atoms with Gasteiger partial charge in [0.2, 0.25) is 0 Å². The van der Waals surface area contributed by atoms with Crippen LogP contribution in [0.25, 0.3) is 0 Å². The molecule has 0 aliphatic carbocycles. The first-order chi connectivity index (χ1) is 14.2. The number of hydrogen-bond acceptors (Lipinski definition) is 2. The number of likely N-dealkylation sites (N-methyl/N-ethyl adjacent to an activating group) is 1. The molecule has 0 N–H and O–H groups in total. The highest BCUT2D eigenvalue weighted by Gasteiger charge is 2.37. The third-order valence-electron chi connectivity index (χ3n) is 5.84. The molecule has 30 heavy (non-hydrogen) atoms. The van der Waals surface area contributed by atoms with Crippen LogP contribution >= 0.6 is 11.6 Å². The first kappa shape index (κ1) is 22.6. The standard InChI is InChI=1S/C24H25ClF3NO/c1-16(23(30)18-12-9-13-19(22(18)25)24(26,27)28)21(17-10-5-3-6-11-17)20-14-7-4-8-15-29(20)2/h3,5-6,9-13,20-21H,1,4,7-8,14-15H2,2H3/t20-,21-/m1/s1. The zero-order valence-electron chi connectivity index (χ0n) is 16.9. The van der Waals surface area contributed by atoms with Crippen molar-refractivity contribution in [2.24, 2.45) is 0 Å². The van der Waals surface area contributed by atoms with Gasteiger partial charge in [-0.3, -0.25) is 4.79 Å². The van der Waals surface area contributed by atoms with Crippen LogP contribution in [0.15, 0.2) is 60.7 Å². The Balaban J connectivity index is 2.02. The van der Waals surface area contributed by atoms with Crippen molar-refractivity contribution in [3.05, 3.63) is 82.4 Å². The van der Waals surface area contributed by atoms with Crippen LogP contribution in [0.1, 0.15) is 53.1 Å². The number of likely N-dealkylation sites (tertiary alicyclic amines) is 1. The highest BCUT2D eigenvalue weighted by atomic mass is 35.5. The Morgan fingerprint density at radius 1 is 1.10 bits per heavy atom. The number of Topliss-reactive ketones (excluding diaryl/α,β-unsaturated/α-hetero) is 1. The topological polar surface area (TPSA) is 20.3 Å². The summed E-state index contributed by atoms with van der Waals surface area (Å²) in [6, 6.07) is 13.0. The van der Waals surface area contributed by atoms with Crippen molar-refractivity contribution < 1.29 is 18.0 Å². The van der Waals surface area contributed by atoms with Crippen LogP contribution in [0.3, 0.4) is 0 Å². The minimum atomic E-state index is -4.63. The lowest BCUT2D eigenvalue weighted by molar-refractivity contribution is -0.137. The summed E-state index contributed by atoms with van der Waals surface area (Å²) < 4.78 is 39.8. The summed E-state index contributed by atoms with van der Waals surface area (Å²) in [5.41, 5.74) is 0.0261. The SMILES string of the molecule is C=C(C(=O)c1cccc(C(F)(F)F)c1Cl)[C@H](c1ccccc1)[C@H]1CCCCCN1C. The maximum atomic E-state index is 13.3. The van der Waals surface area contributed by atoms with E-state index in [4.69, 9.17) is 11.6 Å². The zero-order chi connectivity index (χ0) is 21.9. The summed E-state index contributed by atoms with van der Waals surface area (Å²) in [7, 11) is 2.03. The number of hydrogen-bond donors (Lipinski definition) is 0. The molecule has 0 spiro atoms. The second-order valence-electron chi connectivity index (χ2n) is 7.80. The Morgan fingerprint density at radius 2 is 1.80 bits per heavy atom. The first-order valence-corrected chi connectivity index (χ1v) is 10.4. The van der Waals surface area contributed by atoms with E-state index in [2.05, 4.69) is 11.5 Å². The van der Waals surface area contributed by atoms with Gasteiger partial charge in [0, 0.05) is 23.1 Å². The molecule has 1 aliphatic heterocycles. The van der Waals surface area contributed by atoms with Gasteiger partial charge in [0.15, 0.2) is 5.78 Å². The lowest BCUT2D eigenvalue weighted by Crippen LogP contribution is -2.38. The molecule has 3 rings (SSSR count). The van der Waals surface area contributed by atoms with Crippen molar-refractivity contribution in [2.75, 3.05) is 13.6 Å². The Bertz CT molecular complexity index is 910. The molecular weight excluding hydrogens is 411 g/mol. The van der Waals surface area contributed by atoms with Crippen LogP contribution in [-0.4, -0.2) is 30.3 Å². The van der Waals surface area contributed by atoms with Gasteiger partial charge in [0.05, 0.1) is 10.6 Å². The van der Waals surface area contributed by atoms with Gasteiger partial charge in [0.25, 0.3) is 0 Å². The van der Waals surface area contributed by atoms with Crippen molar-refractivity contribution in [2.45, 2.75) is 43.8 Å². The molecule has 0 aromatic heterocycles. The fourth-order valence-electron chi connectivity index (χ4n) is 4.26. The average Bonchev–Trinajstić information content (AvgIpc) is 2.92. The van der Waals surface area contributed by atoms with E-state index >= 15 is 0 Å². The number of ketones is 1. The molecule has 2 nitrogen and oxygen atoms in total. The second kappa shape index (κ2) is 9.36. The lowest BCUT2D eigenvalue weighted by atomic mass is 9.80. The largest absolute Gasteiger partial charge is 0.417 e. The molecule has 0 unspecified atom stereocenters. The maximum Gasteiger partial charge on any atom is 0.417 e. The summed E-state index contributed by atoms with van der Waals surface area (Å²) >= 11 is 6.03. The van der Waals surface area contributed by atoms with Crippen LogP contribution in [0, 0.1) is 0 Å². The molecule has 160 valence electrons. The summed E-state index contributed by atoms with van der Waals surface area (Å²) in [5, 5.41) is -0.572. The monoisotopic (exact) mass is 435 g/mol. The number of rotatable bonds is 5. The van der Waals surface area contributed by atoms with Gasteiger partial charge in [-0.05, 0) is 44.1 Å². The summed E-state index contributed by atoms with van der Waals surface area (Å²) in [4.78, 5) is 15.6. The molecule has 0 saturated carbocycles. The lowest BCUT2D eigenvalue weighted by Gasteiger charge is -2.34. The van der Waals surface area contributed by atoms with E-state index in [1.807, 2.05) is 37.4 Å². The predicted octanol–water partition coefficient (Wildman–Crippen LogP) is 6.76. The summed E-state index contributed by atoms with van der Waals surface area (Å²) in [6.45, 7) is 4.97. The normalized spacial score (nSPS) is 19.2. The Morgan fingerprint density at radius 3 is 2.47 bits per heavy atom. The molecule has 6 heteroatoms. The van der Waals surface area contributed by atoms with Crippen molar-refractivity contribution in [1.82, 2.24) is 4.90 Å². The first-order valence-electron chi connectivity index (χ1n) is 10.1. The van der Waals surface area contributed by atoms with Crippen LogP contribution in [0.2, 0.25) is 5.02 Å². The predicted molar refractivity (Wildman–Crippen MR) is 114 cm³/mol. The van der Waals surface area contributed by atoms with Gasteiger partial charge in [-0.15, -0.1) is 0 Å². The molecule has 2 aromatic rings. The molecule has 0 amide bonds. The highest BCUT2D eigenvalue weighted by Crippen LogP contribution is 2.39. The molecule has 2 atom stereocenters. The molecule has 0 radical (unpaired) electrons. The van der Waals surface area contributed by atoms with Crippen LogP contribution < -0.4 is 0 Å². The molecule has 0 bridgehead atoms. The van der Waals surface area contributed by atoms with Crippen LogP contribution in [0.5, 0.6) is 0 Å². The maximum absolute atomic E-state index is 13.3. The molecule has 1 fully saturated rings. The zero-order valence-corrected chi connectivity index (χ0v) is 17.6. The van der Waals surface area contributed by atoms with E-state index in [9.17, 15) is 18.0 Å². The third kappa shape index (κ3) is 4.79. The van der Waals surface area contributed by atoms with Crippen molar-refractivity contribution in [3.8, 4) is 0 Å². The number of halogens is 4. The van der Waals surface area contributed by atoms with E-state index in [1.54, 1.807) is 0 Å². The van der Waals surface area contributed by atoms with E-state index in [-0.39, 0.29) is 23.1 Å². The second-order valence-corrected chi connectivity index (χ2v) is 8.18. The molecule has 1 aliphatic rings. The van der Waals surface area contributed by atoms with Gasteiger partial charge in [0.1, 0.15) is 0 Å². The Labute approximate surface area is 180 Å². The van der Waals surface area contributed by atoms with Gasteiger partial charge in [-0.1, -0.05) is 67.4 Å². The molecule has 2 aromatic carbocycles. The van der Waals surface area contributed by atoms with Gasteiger partial charge in [-0.25, -0.2) is 0 Å². The minimum absolute atomic E-state index is 0.0379. The van der Waals surface area contributed by atoms with Crippen LogP contribution in [-0.2, 0) is 6.18 Å². The molecular formula is C24H25ClF3NO. The quantitative estimate of drug-likeness (QED) is 0.382. The number of carbonyl (C=O) groups is 1. The van der Waals surface area contributed by atoms with Crippen LogP contribution in [0.4, 0.5) is 13.2 Å². The van der Waals surface area contributed by atoms with Gasteiger partial charge < -0.3 is 4.90 Å². The average molecular weight is 436 g/mol. The third-order valence-corrected chi connectivity index (χ3v) is 6.24. The fraction of sp³-hybridized carbons (Fsp3) is 0.375. The number of benzene rings is 2. The molecule has 1 saturated heterocycles. The van der Waals surface area contributed by atoms with E-state index in [0.717, 1.165) is 43.9 Å². The Hall–Kier alpha value is -2.11.